The third kappa shape index (κ3) is 5.07. The van der Waals surface area contributed by atoms with Gasteiger partial charge in [0.1, 0.15) is 0 Å². The Morgan fingerprint density at radius 1 is 1.31 bits per heavy atom. The summed E-state index contributed by atoms with van der Waals surface area (Å²) in [6.45, 7) is 8.40. The number of nitrogens with zero attached hydrogens (tertiary/aromatic N) is 1. The fourth-order valence-corrected chi connectivity index (χ4v) is 2.68. The van der Waals surface area contributed by atoms with E-state index in [0.29, 0.717) is 6.04 Å². The number of rotatable bonds is 6. The normalized spacial score (nSPS) is 23.2. The molecule has 0 saturated carbocycles. The van der Waals surface area contributed by atoms with Crippen molar-refractivity contribution < 1.29 is 0 Å². The van der Waals surface area contributed by atoms with Crippen LogP contribution >= 0.6 is 11.8 Å². The number of likely N-dealkylation sites (tertiary alicyclic amines) is 1. The van der Waals surface area contributed by atoms with E-state index >= 15 is 0 Å². The van der Waals surface area contributed by atoms with Crippen molar-refractivity contribution in [3.63, 3.8) is 0 Å². The SMILES string of the molecule is CSC(C)CCNC(C)C1CCN(C)CC1. The van der Waals surface area contributed by atoms with Crippen molar-refractivity contribution in [3.05, 3.63) is 0 Å². The summed E-state index contributed by atoms with van der Waals surface area (Å²) in [5.41, 5.74) is 0. The number of thioether (sulfide) groups is 1. The molecule has 0 bridgehead atoms. The molecule has 1 N–H and O–H groups in total. The zero-order valence-electron chi connectivity index (χ0n) is 11.3. The van der Waals surface area contributed by atoms with Crippen LogP contribution in [0.15, 0.2) is 0 Å². The third-order valence-electron chi connectivity index (χ3n) is 3.89. The Bertz CT molecular complexity index is 179. The molecule has 2 nitrogen and oxygen atoms in total. The highest BCUT2D eigenvalue weighted by Gasteiger charge is 2.21. The Morgan fingerprint density at radius 3 is 2.50 bits per heavy atom. The van der Waals surface area contributed by atoms with Crippen LogP contribution in [0.1, 0.15) is 33.1 Å². The summed E-state index contributed by atoms with van der Waals surface area (Å²) in [4.78, 5) is 2.44. The van der Waals surface area contributed by atoms with Gasteiger partial charge in [0.15, 0.2) is 0 Å². The minimum absolute atomic E-state index is 0.697. The van der Waals surface area contributed by atoms with Gasteiger partial charge in [-0.05, 0) is 65.0 Å². The highest BCUT2D eigenvalue weighted by Crippen LogP contribution is 2.19. The molecule has 0 radical (unpaired) electrons. The van der Waals surface area contributed by atoms with Gasteiger partial charge < -0.3 is 10.2 Å². The maximum atomic E-state index is 3.70. The lowest BCUT2D eigenvalue weighted by atomic mass is 9.90. The van der Waals surface area contributed by atoms with Gasteiger partial charge >= 0.3 is 0 Å². The molecule has 2 atom stereocenters. The van der Waals surface area contributed by atoms with Crippen molar-refractivity contribution in [3.8, 4) is 0 Å². The molecule has 0 spiro atoms. The molecule has 1 aliphatic rings. The van der Waals surface area contributed by atoms with Crippen LogP contribution in [0.5, 0.6) is 0 Å². The van der Waals surface area contributed by atoms with E-state index in [9.17, 15) is 0 Å². The molecule has 0 aromatic heterocycles. The maximum Gasteiger partial charge on any atom is 0.00679 e. The van der Waals surface area contributed by atoms with Crippen molar-refractivity contribution in [1.29, 1.82) is 0 Å². The first kappa shape index (κ1) is 14.3. The smallest absolute Gasteiger partial charge is 0.00679 e. The third-order valence-corrected chi connectivity index (χ3v) is 4.93. The molecule has 0 aromatic rings. The van der Waals surface area contributed by atoms with E-state index in [-0.39, 0.29) is 0 Å². The van der Waals surface area contributed by atoms with Crippen molar-refractivity contribution in [2.45, 2.75) is 44.4 Å². The summed E-state index contributed by atoms with van der Waals surface area (Å²) in [6, 6.07) is 0.697. The fourth-order valence-electron chi connectivity index (χ4n) is 2.33. The minimum Gasteiger partial charge on any atom is -0.314 e. The summed E-state index contributed by atoms with van der Waals surface area (Å²) >= 11 is 1.97. The Kier molecular flexibility index (Phi) is 6.78. The van der Waals surface area contributed by atoms with Crippen LogP contribution in [0.4, 0.5) is 0 Å². The highest BCUT2D eigenvalue weighted by molar-refractivity contribution is 7.99. The average Bonchev–Trinajstić information content (AvgIpc) is 2.29. The van der Waals surface area contributed by atoms with Gasteiger partial charge in [-0.15, -0.1) is 0 Å². The highest BCUT2D eigenvalue weighted by atomic mass is 32.2. The second kappa shape index (κ2) is 7.57. The first-order valence-corrected chi connectivity index (χ1v) is 7.87. The summed E-state index contributed by atoms with van der Waals surface area (Å²) in [7, 11) is 2.23. The molecule has 96 valence electrons. The minimum atomic E-state index is 0.697. The second-order valence-corrected chi connectivity index (χ2v) is 6.49. The molecule has 2 unspecified atom stereocenters. The average molecular weight is 244 g/mol. The zero-order chi connectivity index (χ0) is 12.0. The van der Waals surface area contributed by atoms with Crippen molar-refractivity contribution in [2.24, 2.45) is 5.92 Å². The molecule has 1 saturated heterocycles. The van der Waals surface area contributed by atoms with Gasteiger partial charge in [0.2, 0.25) is 0 Å². The van der Waals surface area contributed by atoms with Gasteiger partial charge in [0.05, 0.1) is 0 Å². The molecule has 1 fully saturated rings. The quantitative estimate of drug-likeness (QED) is 0.772. The lowest BCUT2D eigenvalue weighted by Crippen LogP contribution is -2.41. The Hall–Kier alpha value is 0.270. The molecular weight excluding hydrogens is 216 g/mol. The summed E-state index contributed by atoms with van der Waals surface area (Å²) in [5, 5.41) is 4.49. The van der Waals surface area contributed by atoms with Crippen LogP contribution in [0, 0.1) is 5.92 Å². The molecule has 16 heavy (non-hydrogen) atoms. The van der Waals surface area contributed by atoms with Gasteiger partial charge in [-0.3, -0.25) is 0 Å². The lowest BCUT2D eigenvalue weighted by Gasteiger charge is -2.33. The lowest BCUT2D eigenvalue weighted by molar-refractivity contribution is 0.190. The van der Waals surface area contributed by atoms with E-state index in [1.165, 1.54) is 38.9 Å². The number of hydrogen-bond donors (Lipinski definition) is 1. The molecule has 0 aliphatic carbocycles. The molecule has 0 aromatic carbocycles. The summed E-state index contributed by atoms with van der Waals surface area (Å²) < 4.78 is 0. The Balaban J connectivity index is 2.12. The topological polar surface area (TPSA) is 15.3 Å². The predicted octanol–water partition coefficient (Wildman–Crippen LogP) is 2.45. The Labute approximate surface area is 106 Å². The van der Waals surface area contributed by atoms with Gasteiger partial charge in [0, 0.05) is 11.3 Å². The van der Waals surface area contributed by atoms with Crippen LogP contribution in [0.2, 0.25) is 0 Å². The van der Waals surface area contributed by atoms with Gasteiger partial charge in [-0.1, -0.05) is 6.92 Å². The zero-order valence-corrected chi connectivity index (χ0v) is 12.1. The fraction of sp³-hybridized carbons (Fsp3) is 1.00. The standard InChI is InChI=1S/C13H28N2S/c1-11(16-4)5-8-14-12(2)13-6-9-15(3)10-7-13/h11-14H,5-10H2,1-4H3. The van der Waals surface area contributed by atoms with Crippen molar-refractivity contribution in [1.82, 2.24) is 10.2 Å². The van der Waals surface area contributed by atoms with Crippen molar-refractivity contribution >= 4 is 11.8 Å². The molecule has 3 heteroatoms. The van der Waals surface area contributed by atoms with Crippen LogP contribution in [-0.2, 0) is 0 Å². The second-order valence-electron chi connectivity index (χ2n) is 5.22. The molecule has 1 aliphatic heterocycles. The molecular formula is C13H28N2S. The Morgan fingerprint density at radius 2 is 1.94 bits per heavy atom. The summed E-state index contributed by atoms with van der Waals surface area (Å²) in [6.07, 6.45) is 6.22. The number of piperidine rings is 1. The first-order chi connectivity index (χ1) is 7.63. The monoisotopic (exact) mass is 244 g/mol. The van der Waals surface area contributed by atoms with E-state index in [4.69, 9.17) is 0 Å². The molecule has 1 heterocycles. The van der Waals surface area contributed by atoms with E-state index in [1.54, 1.807) is 0 Å². The number of nitrogens with one attached hydrogen (secondary N) is 1. The first-order valence-electron chi connectivity index (χ1n) is 6.58. The van der Waals surface area contributed by atoms with E-state index in [0.717, 1.165) is 11.2 Å². The van der Waals surface area contributed by atoms with Crippen LogP contribution in [0.25, 0.3) is 0 Å². The summed E-state index contributed by atoms with van der Waals surface area (Å²) in [5.74, 6) is 0.890. The van der Waals surface area contributed by atoms with Gasteiger partial charge in [0.25, 0.3) is 0 Å². The van der Waals surface area contributed by atoms with Gasteiger partial charge in [-0.25, -0.2) is 0 Å². The molecule has 0 amide bonds. The largest absolute Gasteiger partial charge is 0.314 e. The van der Waals surface area contributed by atoms with Crippen LogP contribution < -0.4 is 5.32 Å². The predicted molar refractivity (Wildman–Crippen MR) is 75.3 cm³/mol. The van der Waals surface area contributed by atoms with E-state index in [1.807, 2.05) is 11.8 Å². The van der Waals surface area contributed by atoms with E-state index in [2.05, 4.69) is 37.4 Å². The molecule has 1 rings (SSSR count). The number of hydrogen-bond acceptors (Lipinski definition) is 3. The van der Waals surface area contributed by atoms with Gasteiger partial charge in [-0.2, -0.15) is 11.8 Å². The van der Waals surface area contributed by atoms with Crippen LogP contribution in [0.3, 0.4) is 0 Å². The van der Waals surface area contributed by atoms with Crippen molar-refractivity contribution in [2.75, 3.05) is 32.9 Å². The van der Waals surface area contributed by atoms with E-state index < -0.39 is 0 Å². The maximum absolute atomic E-state index is 3.70. The van der Waals surface area contributed by atoms with Crippen LogP contribution in [-0.4, -0.2) is 49.1 Å².